The highest BCUT2D eigenvalue weighted by Gasteiger charge is 2.18. The first kappa shape index (κ1) is 15.7. The van der Waals surface area contributed by atoms with Gasteiger partial charge in [-0.1, -0.05) is 37.3 Å². The molecular formula is C15H25N3O. The molecule has 4 nitrogen and oxygen atoms in total. The molecular weight excluding hydrogens is 238 g/mol. The molecule has 1 amide bonds. The van der Waals surface area contributed by atoms with Crippen LogP contribution in [0.3, 0.4) is 0 Å². The SMILES string of the molecule is CNCC(C)C(=O)N(CCN)CCc1ccccc1. The summed E-state index contributed by atoms with van der Waals surface area (Å²) in [6.07, 6.45) is 0.874. The normalized spacial score (nSPS) is 12.2. The minimum atomic E-state index is -0.00711. The van der Waals surface area contributed by atoms with E-state index in [1.165, 1.54) is 5.56 Å². The van der Waals surface area contributed by atoms with Crippen molar-refractivity contribution in [2.24, 2.45) is 11.7 Å². The molecule has 106 valence electrons. The monoisotopic (exact) mass is 263 g/mol. The largest absolute Gasteiger partial charge is 0.341 e. The highest BCUT2D eigenvalue weighted by Crippen LogP contribution is 2.05. The van der Waals surface area contributed by atoms with Crippen LogP contribution in [0, 0.1) is 5.92 Å². The number of benzene rings is 1. The quantitative estimate of drug-likeness (QED) is 0.732. The van der Waals surface area contributed by atoms with Crippen molar-refractivity contribution >= 4 is 5.91 Å². The third-order valence-electron chi connectivity index (χ3n) is 3.16. The van der Waals surface area contributed by atoms with Crippen LogP contribution >= 0.6 is 0 Å². The number of nitrogens with two attached hydrogens (primary N) is 1. The highest BCUT2D eigenvalue weighted by molar-refractivity contribution is 5.78. The van der Waals surface area contributed by atoms with Gasteiger partial charge in [0.2, 0.25) is 5.91 Å². The van der Waals surface area contributed by atoms with Crippen LogP contribution in [0.15, 0.2) is 30.3 Å². The predicted octanol–water partition coefficient (Wildman–Crippen LogP) is 0.872. The topological polar surface area (TPSA) is 58.4 Å². The maximum atomic E-state index is 12.3. The molecule has 4 heteroatoms. The molecule has 0 aliphatic carbocycles. The molecule has 1 unspecified atom stereocenters. The molecule has 1 aromatic carbocycles. The second-order valence-corrected chi connectivity index (χ2v) is 4.81. The molecule has 0 fully saturated rings. The van der Waals surface area contributed by atoms with Crippen LogP contribution in [-0.2, 0) is 11.2 Å². The van der Waals surface area contributed by atoms with Gasteiger partial charge in [-0.3, -0.25) is 4.79 Å². The van der Waals surface area contributed by atoms with Crippen molar-refractivity contribution in [3.8, 4) is 0 Å². The summed E-state index contributed by atoms with van der Waals surface area (Å²) in [7, 11) is 1.86. The van der Waals surface area contributed by atoms with Crippen molar-refractivity contribution in [2.45, 2.75) is 13.3 Å². The first-order chi connectivity index (χ1) is 9.19. The lowest BCUT2D eigenvalue weighted by Gasteiger charge is -2.25. The number of amides is 1. The Labute approximate surface area is 116 Å². The molecule has 0 aliphatic rings. The second-order valence-electron chi connectivity index (χ2n) is 4.81. The number of rotatable bonds is 8. The summed E-state index contributed by atoms with van der Waals surface area (Å²) >= 11 is 0. The van der Waals surface area contributed by atoms with Crippen molar-refractivity contribution in [1.29, 1.82) is 0 Å². The molecule has 0 aromatic heterocycles. The lowest BCUT2D eigenvalue weighted by molar-refractivity contribution is -0.134. The smallest absolute Gasteiger partial charge is 0.226 e. The van der Waals surface area contributed by atoms with Gasteiger partial charge in [0.25, 0.3) is 0 Å². The van der Waals surface area contributed by atoms with E-state index >= 15 is 0 Å². The van der Waals surface area contributed by atoms with Gasteiger partial charge in [0.05, 0.1) is 0 Å². The van der Waals surface area contributed by atoms with E-state index in [0.29, 0.717) is 19.6 Å². The van der Waals surface area contributed by atoms with Gasteiger partial charge in [0.15, 0.2) is 0 Å². The molecule has 19 heavy (non-hydrogen) atoms. The summed E-state index contributed by atoms with van der Waals surface area (Å²) in [5.41, 5.74) is 6.85. The van der Waals surface area contributed by atoms with E-state index in [2.05, 4.69) is 17.4 Å². The van der Waals surface area contributed by atoms with Gasteiger partial charge < -0.3 is 16.0 Å². The average Bonchev–Trinajstić information content (AvgIpc) is 2.44. The Bertz CT molecular complexity index is 367. The molecule has 0 spiro atoms. The van der Waals surface area contributed by atoms with Gasteiger partial charge in [-0.15, -0.1) is 0 Å². The number of carbonyl (C=O) groups is 1. The third-order valence-corrected chi connectivity index (χ3v) is 3.16. The Balaban J connectivity index is 2.54. The second kappa shape index (κ2) is 8.67. The van der Waals surface area contributed by atoms with Gasteiger partial charge in [-0.2, -0.15) is 0 Å². The summed E-state index contributed by atoms with van der Waals surface area (Å²) in [5, 5.41) is 3.04. The zero-order valence-electron chi connectivity index (χ0n) is 11.9. The Hall–Kier alpha value is -1.39. The number of hydrogen-bond donors (Lipinski definition) is 2. The molecule has 0 aliphatic heterocycles. The van der Waals surface area contributed by atoms with Crippen molar-refractivity contribution in [3.63, 3.8) is 0 Å². The van der Waals surface area contributed by atoms with Crippen molar-refractivity contribution in [3.05, 3.63) is 35.9 Å². The summed E-state index contributed by atoms with van der Waals surface area (Å²) in [6.45, 7) is 4.51. The summed E-state index contributed by atoms with van der Waals surface area (Å²) in [6, 6.07) is 10.2. The third kappa shape index (κ3) is 5.41. The predicted molar refractivity (Wildman–Crippen MR) is 78.9 cm³/mol. The number of carbonyl (C=O) groups excluding carboxylic acids is 1. The van der Waals surface area contributed by atoms with Gasteiger partial charge in [0, 0.05) is 32.1 Å². The molecule has 1 rings (SSSR count). The fraction of sp³-hybridized carbons (Fsp3) is 0.533. The zero-order chi connectivity index (χ0) is 14.1. The van der Waals surface area contributed by atoms with Gasteiger partial charge in [-0.25, -0.2) is 0 Å². The first-order valence-corrected chi connectivity index (χ1v) is 6.86. The van der Waals surface area contributed by atoms with E-state index in [-0.39, 0.29) is 11.8 Å². The Morgan fingerprint density at radius 1 is 1.32 bits per heavy atom. The van der Waals surface area contributed by atoms with Crippen molar-refractivity contribution < 1.29 is 4.79 Å². The number of nitrogens with zero attached hydrogens (tertiary/aromatic N) is 1. The van der Waals surface area contributed by atoms with Gasteiger partial charge >= 0.3 is 0 Å². The fourth-order valence-electron chi connectivity index (χ4n) is 2.10. The van der Waals surface area contributed by atoms with Crippen LogP contribution in [0.25, 0.3) is 0 Å². The molecule has 1 atom stereocenters. The Kier molecular flexibility index (Phi) is 7.15. The standard InChI is InChI=1S/C15H25N3O/c1-13(12-17-2)15(19)18(11-9-16)10-8-14-6-4-3-5-7-14/h3-7,13,17H,8-12,16H2,1-2H3. The van der Waals surface area contributed by atoms with E-state index in [1.54, 1.807) is 0 Å². The molecule has 0 saturated carbocycles. The zero-order valence-corrected chi connectivity index (χ0v) is 11.9. The summed E-state index contributed by atoms with van der Waals surface area (Å²) in [5.74, 6) is 0.169. The fourth-order valence-corrected chi connectivity index (χ4v) is 2.10. The number of nitrogens with one attached hydrogen (secondary N) is 1. The lowest BCUT2D eigenvalue weighted by atomic mass is 10.1. The maximum Gasteiger partial charge on any atom is 0.226 e. The van der Waals surface area contributed by atoms with Crippen LogP contribution in [0.2, 0.25) is 0 Å². The van der Waals surface area contributed by atoms with Crippen LogP contribution in [0.4, 0.5) is 0 Å². The van der Waals surface area contributed by atoms with E-state index in [4.69, 9.17) is 5.73 Å². The van der Waals surface area contributed by atoms with Crippen LogP contribution in [0.1, 0.15) is 12.5 Å². The minimum absolute atomic E-state index is 0.00711. The van der Waals surface area contributed by atoms with Crippen LogP contribution < -0.4 is 11.1 Å². The first-order valence-electron chi connectivity index (χ1n) is 6.86. The Morgan fingerprint density at radius 2 is 2.00 bits per heavy atom. The molecule has 0 bridgehead atoms. The lowest BCUT2D eigenvalue weighted by Crippen LogP contribution is -2.42. The van der Waals surface area contributed by atoms with E-state index in [9.17, 15) is 4.79 Å². The minimum Gasteiger partial charge on any atom is -0.341 e. The Morgan fingerprint density at radius 3 is 2.58 bits per heavy atom. The molecule has 3 N–H and O–H groups in total. The highest BCUT2D eigenvalue weighted by atomic mass is 16.2. The van der Waals surface area contributed by atoms with Gasteiger partial charge in [-0.05, 0) is 19.0 Å². The van der Waals surface area contributed by atoms with Crippen LogP contribution in [0.5, 0.6) is 0 Å². The molecule has 0 heterocycles. The van der Waals surface area contributed by atoms with Crippen LogP contribution in [-0.4, -0.2) is 44.0 Å². The summed E-state index contributed by atoms with van der Waals surface area (Å²) < 4.78 is 0. The molecule has 0 radical (unpaired) electrons. The van der Waals surface area contributed by atoms with Gasteiger partial charge in [0.1, 0.15) is 0 Å². The van der Waals surface area contributed by atoms with Crippen molar-refractivity contribution in [1.82, 2.24) is 10.2 Å². The van der Waals surface area contributed by atoms with E-state index in [1.807, 2.05) is 37.1 Å². The molecule has 1 aromatic rings. The summed E-state index contributed by atoms with van der Waals surface area (Å²) in [4.78, 5) is 14.1. The van der Waals surface area contributed by atoms with E-state index in [0.717, 1.165) is 13.0 Å². The van der Waals surface area contributed by atoms with E-state index < -0.39 is 0 Å². The number of hydrogen-bond acceptors (Lipinski definition) is 3. The molecule has 0 saturated heterocycles. The van der Waals surface area contributed by atoms with Crippen molar-refractivity contribution in [2.75, 3.05) is 33.2 Å². The maximum absolute atomic E-state index is 12.3. The average molecular weight is 263 g/mol.